The normalized spacial score (nSPS) is 19.6. The molecule has 0 radical (unpaired) electrons. The van der Waals surface area contributed by atoms with E-state index < -0.39 is 21.7 Å². The summed E-state index contributed by atoms with van der Waals surface area (Å²) in [5.74, 6) is -0.944. The van der Waals surface area contributed by atoms with Crippen molar-refractivity contribution >= 4 is 15.9 Å². The van der Waals surface area contributed by atoms with E-state index in [1.807, 2.05) is 0 Å². The minimum absolute atomic E-state index is 0.0370. The summed E-state index contributed by atoms with van der Waals surface area (Å²) < 4.78 is 38.8. The number of carbonyl (C=O) groups is 1. The van der Waals surface area contributed by atoms with Gasteiger partial charge in [0.05, 0.1) is 11.8 Å². The maximum absolute atomic E-state index is 13.8. The van der Waals surface area contributed by atoms with Crippen LogP contribution in [0.1, 0.15) is 28.8 Å². The monoisotopic (exact) mass is 314 g/mol. The topological polar surface area (TPSA) is 66.5 Å². The fourth-order valence-electron chi connectivity index (χ4n) is 2.53. The average molecular weight is 314 g/mol. The Bertz CT molecular complexity index is 646. The Labute approximate surface area is 124 Å². The van der Waals surface area contributed by atoms with Crippen LogP contribution in [0.4, 0.5) is 4.39 Å². The lowest BCUT2D eigenvalue weighted by atomic mass is 10.0. The van der Waals surface area contributed by atoms with E-state index in [2.05, 4.69) is 4.72 Å². The molecule has 1 unspecified atom stereocenters. The number of nitrogens with one attached hydrogen (secondary N) is 1. The molecular formula is C14H19FN2O3S. The van der Waals surface area contributed by atoms with Crippen molar-refractivity contribution in [2.24, 2.45) is 0 Å². The second kappa shape index (κ2) is 6.11. The van der Waals surface area contributed by atoms with Crippen molar-refractivity contribution in [2.45, 2.75) is 25.8 Å². The Balaban J connectivity index is 2.14. The Morgan fingerprint density at radius 1 is 1.43 bits per heavy atom. The second-order valence-corrected chi connectivity index (χ2v) is 7.24. The molecule has 1 atom stereocenters. The molecule has 1 fully saturated rings. The van der Waals surface area contributed by atoms with Crippen molar-refractivity contribution in [3.63, 3.8) is 0 Å². The van der Waals surface area contributed by atoms with Crippen molar-refractivity contribution in [3.05, 3.63) is 35.1 Å². The molecule has 5 nitrogen and oxygen atoms in total. The molecule has 0 spiro atoms. The number of benzene rings is 1. The molecule has 1 aliphatic heterocycles. The van der Waals surface area contributed by atoms with Gasteiger partial charge < -0.3 is 4.90 Å². The zero-order chi connectivity index (χ0) is 15.6. The second-order valence-electron chi connectivity index (χ2n) is 5.46. The Kier molecular flexibility index (Phi) is 4.63. The van der Waals surface area contributed by atoms with Gasteiger partial charge in [-0.15, -0.1) is 0 Å². The molecule has 1 heterocycles. The Morgan fingerprint density at radius 3 is 2.81 bits per heavy atom. The molecule has 7 heteroatoms. The lowest BCUT2D eigenvalue weighted by molar-refractivity contribution is 0.0698. The van der Waals surface area contributed by atoms with Gasteiger partial charge in [0.25, 0.3) is 5.91 Å². The van der Waals surface area contributed by atoms with Crippen molar-refractivity contribution < 1.29 is 17.6 Å². The molecule has 116 valence electrons. The Hall–Kier alpha value is -1.47. The minimum atomic E-state index is -3.31. The van der Waals surface area contributed by atoms with E-state index in [1.54, 1.807) is 13.0 Å². The number of amides is 1. The van der Waals surface area contributed by atoms with Crippen molar-refractivity contribution in [3.8, 4) is 0 Å². The van der Waals surface area contributed by atoms with E-state index >= 15 is 0 Å². The number of nitrogens with zero attached hydrogens (tertiary/aromatic N) is 1. The number of likely N-dealkylation sites (tertiary alicyclic amines) is 1. The summed E-state index contributed by atoms with van der Waals surface area (Å²) in [5.41, 5.74) is 0.845. The molecule has 1 N–H and O–H groups in total. The number of halogens is 1. The molecule has 2 rings (SSSR count). The summed E-state index contributed by atoms with van der Waals surface area (Å²) in [6, 6.07) is 4.09. The molecule has 1 aromatic rings. The number of rotatable bonds is 3. The van der Waals surface area contributed by atoms with Crippen LogP contribution < -0.4 is 4.72 Å². The van der Waals surface area contributed by atoms with Crippen LogP contribution in [0.2, 0.25) is 0 Å². The lowest BCUT2D eigenvalue weighted by Gasteiger charge is -2.32. The summed E-state index contributed by atoms with van der Waals surface area (Å²) in [4.78, 5) is 13.9. The van der Waals surface area contributed by atoms with Crippen LogP contribution in [-0.4, -0.2) is 44.6 Å². The SMILES string of the molecule is Cc1ccc(F)c(C(=O)N2CCCC(NS(C)(=O)=O)C2)c1. The zero-order valence-corrected chi connectivity index (χ0v) is 12.9. The molecular weight excluding hydrogens is 295 g/mol. The first kappa shape index (κ1) is 15.9. The van der Waals surface area contributed by atoms with E-state index in [1.165, 1.54) is 17.0 Å². The van der Waals surface area contributed by atoms with Gasteiger partial charge in [0, 0.05) is 19.1 Å². The summed E-state index contributed by atoms with van der Waals surface area (Å²) in [6.07, 6.45) is 2.45. The van der Waals surface area contributed by atoms with Gasteiger partial charge in [-0.3, -0.25) is 4.79 Å². The first-order valence-electron chi connectivity index (χ1n) is 6.79. The number of sulfonamides is 1. The zero-order valence-electron chi connectivity index (χ0n) is 12.1. The van der Waals surface area contributed by atoms with E-state index in [0.717, 1.165) is 11.8 Å². The van der Waals surface area contributed by atoms with Crippen LogP contribution in [0, 0.1) is 12.7 Å². The quantitative estimate of drug-likeness (QED) is 0.914. The smallest absolute Gasteiger partial charge is 0.256 e. The van der Waals surface area contributed by atoms with Crippen LogP contribution in [0.5, 0.6) is 0 Å². The van der Waals surface area contributed by atoms with E-state index in [9.17, 15) is 17.6 Å². The standard InChI is InChI=1S/C14H19FN2O3S/c1-10-5-6-13(15)12(8-10)14(18)17-7-3-4-11(9-17)16-21(2,19)20/h5-6,8,11,16H,3-4,7,9H2,1-2H3. The molecule has 1 aliphatic rings. The maximum atomic E-state index is 13.8. The highest BCUT2D eigenvalue weighted by Gasteiger charge is 2.27. The van der Waals surface area contributed by atoms with Gasteiger partial charge in [-0.1, -0.05) is 11.6 Å². The highest BCUT2D eigenvalue weighted by atomic mass is 32.2. The van der Waals surface area contributed by atoms with Gasteiger partial charge in [-0.05, 0) is 31.9 Å². The van der Waals surface area contributed by atoms with Crippen LogP contribution in [-0.2, 0) is 10.0 Å². The fourth-order valence-corrected chi connectivity index (χ4v) is 3.33. The number of hydrogen-bond acceptors (Lipinski definition) is 3. The third-order valence-corrected chi connectivity index (χ3v) is 4.20. The third-order valence-electron chi connectivity index (χ3n) is 3.44. The summed E-state index contributed by atoms with van der Waals surface area (Å²) in [7, 11) is -3.31. The highest BCUT2D eigenvalue weighted by molar-refractivity contribution is 7.88. The van der Waals surface area contributed by atoms with Gasteiger partial charge in [0.1, 0.15) is 5.82 Å². The van der Waals surface area contributed by atoms with Crippen molar-refractivity contribution in [1.29, 1.82) is 0 Å². The van der Waals surface area contributed by atoms with E-state index in [-0.39, 0.29) is 18.2 Å². The number of piperidine rings is 1. The molecule has 21 heavy (non-hydrogen) atoms. The molecule has 0 bridgehead atoms. The number of aryl methyl sites for hydroxylation is 1. The summed E-state index contributed by atoms with van der Waals surface area (Å²) in [6.45, 7) is 2.56. The van der Waals surface area contributed by atoms with Gasteiger partial charge >= 0.3 is 0 Å². The molecule has 1 amide bonds. The maximum Gasteiger partial charge on any atom is 0.256 e. The molecule has 1 aromatic carbocycles. The van der Waals surface area contributed by atoms with E-state index in [4.69, 9.17) is 0 Å². The number of carbonyl (C=O) groups excluding carboxylic acids is 1. The van der Waals surface area contributed by atoms with E-state index in [0.29, 0.717) is 19.4 Å². The first-order chi connectivity index (χ1) is 9.76. The molecule has 0 aromatic heterocycles. The van der Waals surface area contributed by atoms with Crippen molar-refractivity contribution in [1.82, 2.24) is 9.62 Å². The lowest BCUT2D eigenvalue weighted by Crippen LogP contribution is -2.49. The van der Waals surface area contributed by atoms with Gasteiger partial charge in [-0.2, -0.15) is 0 Å². The average Bonchev–Trinajstić information content (AvgIpc) is 2.39. The fraction of sp³-hybridized carbons (Fsp3) is 0.500. The minimum Gasteiger partial charge on any atom is -0.337 e. The highest BCUT2D eigenvalue weighted by Crippen LogP contribution is 2.17. The van der Waals surface area contributed by atoms with Crippen LogP contribution >= 0.6 is 0 Å². The third kappa shape index (κ3) is 4.25. The predicted octanol–water partition coefficient (Wildman–Crippen LogP) is 1.29. The van der Waals surface area contributed by atoms with Crippen LogP contribution in [0.3, 0.4) is 0 Å². The van der Waals surface area contributed by atoms with Gasteiger partial charge in [-0.25, -0.2) is 17.5 Å². The molecule has 1 saturated heterocycles. The summed E-state index contributed by atoms with van der Waals surface area (Å²) >= 11 is 0. The van der Waals surface area contributed by atoms with Gasteiger partial charge in [0.15, 0.2) is 0 Å². The van der Waals surface area contributed by atoms with Crippen LogP contribution in [0.25, 0.3) is 0 Å². The number of hydrogen-bond donors (Lipinski definition) is 1. The van der Waals surface area contributed by atoms with Gasteiger partial charge in [0.2, 0.25) is 10.0 Å². The largest absolute Gasteiger partial charge is 0.337 e. The first-order valence-corrected chi connectivity index (χ1v) is 8.68. The van der Waals surface area contributed by atoms with Crippen molar-refractivity contribution in [2.75, 3.05) is 19.3 Å². The molecule has 0 aliphatic carbocycles. The predicted molar refractivity (Wildman–Crippen MR) is 78.0 cm³/mol. The Morgan fingerprint density at radius 2 is 2.14 bits per heavy atom. The molecule has 0 saturated carbocycles. The summed E-state index contributed by atoms with van der Waals surface area (Å²) in [5, 5.41) is 0. The van der Waals surface area contributed by atoms with Crippen LogP contribution in [0.15, 0.2) is 18.2 Å².